The number of aliphatic hydroxyl groups excluding tert-OH is 1. The van der Waals surface area contributed by atoms with Gasteiger partial charge in [-0.1, -0.05) is 0 Å². The monoisotopic (exact) mass is 259 g/mol. The Morgan fingerprint density at radius 3 is 3.42 bits per heavy atom. The second-order valence-electron chi connectivity index (χ2n) is 4.99. The highest BCUT2D eigenvalue weighted by molar-refractivity contribution is 5.78. The first kappa shape index (κ1) is 12.4. The van der Waals surface area contributed by atoms with Crippen LogP contribution in [0.5, 0.6) is 0 Å². The molecule has 1 aliphatic heterocycles. The molecular formula is C14H19N4O. The minimum Gasteiger partial charge on any atom is -0.395 e. The third-order valence-corrected chi connectivity index (χ3v) is 3.64. The Kier molecular flexibility index (Phi) is 3.66. The number of nitrogens with zero attached hydrogens (tertiary/aromatic N) is 2. The summed E-state index contributed by atoms with van der Waals surface area (Å²) in [6, 6.07) is 5.73. The summed E-state index contributed by atoms with van der Waals surface area (Å²) >= 11 is 0. The van der Waals surface area contributed by atoms with Crippen LogP contribution in [0, 0.1) is 6.07 Å². The van der Waals surface area contributed by atoms with Crippen LogP contribution < -0.4 is 10.2 Å². The van der Waals surface area contributed by atoms with Crippen LogP contribution in [0.4, 0.5) is 5.69 Å². The van der Waals surface area contributed by atoms with Crippen molar-refractivity contribution in [2.45, 2.75) is 18.9 Å². The van der Waals surface area contributed by atoms with E-state index in [4.69, 9.17) is 5.11 Å². The number of H-pyrrole nitrogens is 1. The van der Waals surface area contributed by atoms with Gasteiger partial charge in [0, 0.05) is 43.3 Å². The van der Waals surface area contributed by atoms with Gasteiger partial charge in [0.2, 0.25) is 0 Å². The maximum absolute atomic E-state index is 8.88. The van der Waals surface area contributed by atoms with E-state index in [1.807, 2.05) is 6.20 Å². The van der Waals surface area contributed by atoms with Crippen molar-refractivity contribution in [2.24, 2.45) is 0 Å². The van der Waals surface area contributed by atoms with E-state index in [-0.39, 0.29) is 6.61 Å². The van der Waals surface area contributed by atoms with E-state index in [0.717, 1.165) is 36.2 Å². The number of piperidine rings is 1. The summed E-state index contributed by atoms with van der Waals surface area (Å²) in [7, 11) is 0. The van der Waals surface area contributed by atoms with Crippen LogP contribution in [0.2, 0.25) is 0 Å². The number of aliphatic hydroxyl groups is 1. The number of rotatable bonds is 4. The first-order chi connectivity index (χ1) is 9.36. The molecule has 1 saturated heterocycles. The Labute approximate surface area is 112 Å². The van der Waals surface area contributed by atoms with Crippen molar-refractivity contribution in [3.05, 3.63) is 24.5 Å². The van der Waals surface area contributed by atoms with Crippen LogP contribution in [-0.2, 0) is 0 Å². The van der Waals surface area contributed by atoms with Gasteiger partial charge in [-0.3, -0.25) is 0 Å². The van der Waals surface area contributed by atoms with Crippen LogP contribution in [-0.4, -0.2) is 47.4 Å². The molecule has 101 valence electrons. The van der Waals surface area contributed by atoms with Crippen molar-refractivity contribution < 1.29 is 5.11 Å². The maximum Gasteiger partial charge on any atom is 0.138 e. The summed E-state index contributed by atoms with van der Waals surface area (Å²) in [5.74, 6) is 0. The van der Waals surface area contributed by atoms with Gasteiger partial charge in [0.05, 0.1) is 18.5 Å². The normalized spacial score (nSPS) is 20.1. The third kappa shape index (κ3) is 2.72. The van der Waals surface area contributed by atoms with E-state index < -0.39 is 0 Å². The van der Waals surface area contributed by atoms with Crippen LogP contribution in [0.25, 0.3) is 11.0 Å². The predicted octanol–water partition coefficient (Wildman–Crippen LogP) is 0.914. The first-order valence-electron chi connectivity index (χ1n) is 6.81. The molecule has 0 aliphatic carbocycles. The summed E-state index contributed by atoms with van der Waals surface area (Å²) in [4.78, 5) is 9.83. The fraction of sp³-hybridized carbons (Fsp3) is 0.500. The highest BCUT2D eigenvalue weighted by atomic mass is 16.3. The molecule has 0 spiro atoms. The molecule has 0 bridgehead atoms. The number of anilines is 1. The highest BCUT2D eigenvalue weighted by Crippen LogP contribution is 2.22. The summed E-state index contributed by atoms with van der Waals surface area (Å²) in [6.45, 7) is 2.90. The van der Waals surface area contributed by atoms with Crippen LogP contribution in [0.1, 0.15) is 12.8 Å². The molecule has 1 unspecified atom stereocenters. The standard InChI is InChI=1S/C14H19N4O/c19-7-5-15-12-2-1-6-18(10-12)13-8-11-3-4-16-14(11)17-9-13/h4,8-9,12,15,19H,1-2,5-7,10H2,(H,16,17). The zero-order chi connectivity index (χ0) is 13.1. The fourth-order valence-corrected chi connectivity index (χ4v) is 2.68. The number of fused-ring (bicyclic) bond motifs is 1. The first-order valence-corrected chi connectivity index (χ1v) is 6.81. The number of pyridine rings is 1. The summed E-state index contributed by atoms with van der Waals surface area (Å²) < 4.78 is 0. The Morgan fingerprint density at radius 2 is 2.53 bits per heavy atom. The summed E-state index contributed by atoms with van der Waals surface area (Å²) in [6.07, 6.45) is 6.05. The zero-order valence-electron chi connectivity index (χ0n) is 10.9. The molecule has 2 aromatic heterocycles. The Bertz CT molecular complexity index is 539. The smallest absolute Gasteiger partial charge is 0.138 e. The molecule has 1 aliphatic rings. The molecule has 1 radical (unpaired) electrons. The van der Waals surface area contributed by atoms with Gasteiger partial charge in [0.25, 0.3) is 0 Å². The third-order valence-electron chi connectivity index (χ3n) is 3.64. The van der Waals surface area contributed by atoms with Gasteiger partial charge in [0.15, 0.2) is 0 Å². The van der Waals surface area contributed by atoms with Gasteiger partial charge in [-0.05, 0) is 18.9 Å². The van der Waals surface area contributed by atoms with E-state index in [1.54, 1.807) is 6.20 Å². The lowest BCUT2D eigenvalue weighted by molar-refractivity contribution is 0.278. The molecule has 3 heterocycles. The van der Waals surface area contributed by atoms with Crippen LogP contribution in [0.15, 0.2) is 18.5 Å². The van der Waals surface area contributed by atoms with Gasteiger partial charge >= 0.3 is 0 Å². The van der Waals surface area contributed by atoms with Gasteiger partial charge in [-0.15, -0.1) is 0 Å². The van der Waals surface area contributed by atoms with Crippen LogP contribution in [0.3, 0.4) is 0 Å². The molecule has 2 aromatic rings. The minimum atomic E-state index is 0.197. The molecule has 5 nitrogen and oxygen atoms in total. The number of aromatic amines is 1. The van der Waals surface area contributed by atoms with E-state index in [1.165, 1.54) is 6.42 Å². The molecule has 3 N–H and O–H groups in total. The number of hydrogen-bond acceptors (Lipinski definition) is 4. The second-order valence-corrected chi connectivity index (χ2v) is 4.99. The van der Waals surface area contributed by atoms with Gasteiger partial charge in [-0.25, -0.2) is 4.98 Å². The average molecular weight is 259 g/mol. The van der Waals surface area contributed by atoms with Crippen molar-refractivity contribution in [1.82, 2.24) is 15.3 Å². The zero-order valence-corrected chi connectivity index (χ0v) is 10.9. The molecule has 1 fully saturated rings. The molecular weight excluding hydrogens is 240 g/mol. The SMILES string of the molecule is OCCNC1CCCN(c2cnc3[nH]c[c]c3c2)C1. The van der Waals surface area contributed by atoms with Crippen molar-refractivity contribution >= 4 is 16.7 Å². The fourth-order valence-electron chi connectivity index (χ4n) is 2.68. The Hall–Kier alpha value is -1.59. The lowest BCUT2D eigenvalue weighted by Gasteiger charge is -2.34. The molecule has 0 aromatic carbocycles. The average Bonchev–Trinajstić information content (AvgIpc) is 2.92. The molecule has 0 amide bonds. The molecule has 0 saturated carbocycles. The molecule has 5 heteroatoms. The predicted molar refractivity (Wildman–Crippen MR) is 75.3 cm³/mol. The van der Waals surface area contributed by atoms with E-state index in [0.29, 0.717) is 12.6 Å². The van der Waals surface area contributed by atoms with Crippen molar-refractivity contribution in [3.8, 4) is 0 Å². The lowest BCUT2D eigenvalue weighted by Crippen LogP contribution is -2.46. The highest BCUT2D eigenvalue weighted by Gasteiger charge is 2.19. The van der Waals surface area contributed by atoms with Gasteiger partial charge in [-0.2, -0.15) is 0 Å². The number of aromatic nitrogens is 2. The van der Waals surface area contributed by atoms with E-state index >= 15 is 0 Å². The summed E-state index contributed by atoms with van der Waals surface area (Å²) in [5.41, 5.74) is 2.04. The number of hydrogen-bond donors (Lipinski definition) is 3. The Morgan fingerprint density at radius 1 is 1.58 bits per heavy atom. The Balaban J connectivity index is 1.73. The maximum atomic E-state index is 8.88. The van der Waals surface area contributed by atoms with Gasteiger partial charge in [0.1, 0.15) is 5.65 Å². The number of nitrogens with one attached hydrogen (secondary N) is 2. The second kappa shape index (κ2) is 5.59. The van der Waals surface area contributed by atoms with Crippen molar-refractivity contribution in [1.29, 1.82) is 0 Å². The van der Waals surface area contributed by atoms with Crippen molar-refractivity contribution in [2.75, 3.05) is 31.1 Å². The molecule has 3 rings (SSSR count). The van der Waals surface area contributed by atoms with Gasteiger partial charge < -0.3 is 20.3 Å². The van der Waals surface area contributed by atoms with Crippen molar-refractivity contribution in [3.63, 3.8) is 0 Å². The lowest BCUT2D eigenvalue weighted by atomic mass is 10.1. The topological polar surface area (TPSA) is 64.2 Å². The quantitative estimate of drug-likeness (QED) is 0.764. The summed E-state index contributed by atoms with van der Waals surface area (Å²) in [5, 5.41) is 13.3. The minimum absolute atomic E-state index is 0.197. The molecule has 1 atom stereocenters. The largest absolute Gasteiger partial charge is 0.395 e. The molecule has 19 heavy (non-hydrogen) atoms. The van der Waals surface area contributed by atoms with E-state index in [2.05, 4.69) is 32.3 Å². The van der Waals surface area contributed by atoms with E-state index in [9.17, 15) is 0 Å². The van der Waals surface area contributed by atoms with Crippen LogP contribution >= 0.6 is 0 Å².